The summed E-state index contributed by atoms with van der Waals surface area (Å²) in [6.45, 7) is -0.616. The Bertz CT molecular complexity index is 514. The van der Waals surface area contributed by atoms with Gasteiger partial charge in [0.15, 0.2) is 0 Å². The van der Waals surface area contributed by atoms with Gasteiger partial charge < -0.3 is 14.7 Å². The molecule has 22 heavy (non-hydrogen) atoms. The molecule has 1 rings (SSSR count). The number of carboxylic acid groups (broad SMARTS) is 1. The van der Waals surface area contributed by atoms with Crippen LogP contribution in [0.25, 0.3) is 0 Å². The van der Waals surface area contributed by atoms with Gasteiger partial charge >= 0.3 is 12.1 Å². The zero-order valence-electron chi connectivity index (χ0n) is 11.9. The van der Waals surface area contributed by atoms with Gasteiger partial charge in [-0.25, -0.2) is 4.79 Å². The summed E-state index contributed by atoms with van der Waals surface area (Å²) in [5, 5.41) is 8.37. The third-order valence-corrected chi connectivity index (χ3v) is 2.89. The standard InChI is InChI=1S/C14H16F3NO4/c1-18(12(19)8-22-9-13(20)21)7-6-10-2-4-11(5-3-10)14(15,16)17/h2-5H,6-9H2,1H3,(H,20,21). The van der Waals surface area contributed by atoms with Crippen LogP contribution in [0.15, 0.2) is 24.3 Å². The van der Waals surface area contributed by atoms with E-state index in [0.717, 1.165) is 12.1 Å². The Morgan fingerprint density at radius 3 is 2.27 bits per heavy atom. The predicted octanol–water partition coefficient (Wildman–Crippen LogP) is 1.81. The second-order valence-electron chi connectivity index (χ2n) is 4.65. The van der Waals surface area contributed by atoms with Gasteiger partial charge in [-0.15, -0.1) is 0 Å². The van der Waals surface area contributed by atoms with E-state index in [1.807, 2.05) is 0 Å². The number of nitrogens with zero attached hydrogens (tertiary/aromatic N) is 1. The number of carboxylic acids is 1. The van der Waals surface area contributed by atoms with Crippen molar-refractivity contribution in [3.05, 3.63) is 35.4 Å². The Morgan fingerprint density at radius 1 is 1.18 bits per heavy atom. The lowest BCUT2D eigenvalue weighted by Crippen LogP contribution is -2.32. The normalized spacial score (nSPS) is 11.3. The summed E-state index contributed by atoms with van der Waals surface area (Å²) >= 11 is 0. The topological polar surface area (TPSA) is 66.8 Å². The molecule has 1 aromatic rings. The van der Waals surface area contributed by atoms with Crippen LogP contribution in [0.1, 0.15) is 11.1 Å². The van der Waals surface area contributed by atoms with Crippen molar-refractivity contribution >= 4 is 11.9 Å². The minimum Gasteiger partial charge on any atom is -0.480 e. The molecule has 0 aliphatic heterocycles. The van der Waals surface area contributed by atoms with Crippen molar-refractivity contribution in [2.45, 2.75) is 12.6 Å². The average molecular weight is 319 g/mol. The van der Waals surface area contributed by atoms with Crippen molar-refractivity contribution in [2.24, 2.45) is 0 Å². The number of ether oxygens (including phenoxy) is 1. The van der Waals surface area contributed by atoms with Crippen LogP contribution in [-0.2, 0) is 26.9 Å². The SMILES string of the molecule is CN(CCc1ccc(C(F)(F)F)cc1)C(=O)COCC(=O)O. The van der Waals surface area contributed by atoms with Gasteiger partial charge in [0.25, 0.3) is 0 Å². The van der Waals surface area contributed by atoms with Crippen molar-refractivity contribution in [3.8, 4) is 0 Å². The smallest absolute Gasteiger partial charge is 0.416 e. The van der Waals surface area contributed by atoms with E-state index in [1.54, 1.807) is 0 Å². The number of alkyl halides is 3. The third-order valence-electron chi connectivity index (χ3n) is 2.89. The number of carbonyl (C=O) groups excluding carboxylic acids is 1. The summed E-state index contributed by atoms with van der Waals surface area (Å²) in [5.41, 5.74) is -0.0538. The van der Waals surface area contributed by atoms with E-state index >= 15 is 0 Å². The molecule has 0 aliphatic rings. The first kappa shape index (κ1) is 18.0. The van der Waals surface area contributed by atoms with Gasteiger partial charge in [0.05, 0.1) is 5.56 Å². The lowest BCUT2D eigenvalue weighted by molar-refractivity contribution is -0.145. The molecule has 0 saturated carbocycles. The highest BCUT2D eigenvalue weighted by Gasteiger charge is 2.29. The number of carbonyl (C=O) groups is 2. The number of hydrogen-bond donors (Lipinski definition) is 1. The first-order chi connectivity index (χ1) is 10.2. The summed E-state index contributed by atoms with van der Waals surface area (Å²) in [7, 11) is 1.51. The monoisotopic (exact) mass is 319 g/mol. The molecule has 8 heteroatoms. The van der Waals surface area contributed by atoms with Crippen LogP contribution in [0, 0.1) is 0 Å². The number of benzene rings is 1. The Kier molecular flexibility index (Phi) is 6.36. The quantitative estimate of drug-likeness (QED) is 0.832. The fraction of sp³-hybridized carbons (Fsp3) is 0.429. The van der Waals surface area contributed by atoms with E-state index in [4.69, 9.17) is 5.11 Å². The van der Waals surface area contributed by atoms with Crippen molar-refractivity contribution in [1.82, 2.24) is 4.90 Å². The fourth-order valence-electron chi connectivity index (χ4n) is 1.62. The molecule has 0 unspecified atom stereocenters. The lowest BCUT2D eigenvalue weighted by Gasteiger charge is -2.17. The van der Waals surface area contributed by atoms with Gasteiger partial charge in [-0.05, 0) is 24.1 Å². The molecule has 5 nitrogen and oxygen atoms in total. The zero-order valence-corrected chi connectivity index (χ0v) is 11.9. The molecule has 1 aromatic carbocycles. The maximum Gasteiger partial charge on any atom is 0.416 e. The summed E-state index contributed by atoms with van der Waals surface area (Å²) in [5.74, 6) is -1.56. The molecule has 1 amide bonds. The van der Waals surface area contributed by atoms with E-state index < -0.39 is 30.2 Å². The van der Waals surface area contributed by atoms with Crippen LogP contribution in [0.3, 0.4) is 0 Å². The molecule has 122 valence electrons. The van der Waals surface area contributed by atoms with Crippen molar-refractivity contribution in [2.75, 3.05) is 26.8 Å². The van der Waals surface area contributed by atoms with E-state index in [-0.39, 0.29) is 6.61 Å². The Labute approximate surface area is 125 Å². The lowest BCUT2D eigenvalue weighted by atomic mass is 10.1. The van der Waals surface area contributed by atoms with Crippen molar-refractivity contribution in [1.29, 1.82) is 0 Å². The first-order valence-electron chi connectivity index (χ1n) is 6.40. The number of likely N-dealkylation sites (N-methyl/N-ethyl adjacent to an activating group) is 1. The molecule has 0 radical (unpaired) electrons. The molecule has 0 aromatic heterocycles. The van der Waals surface area contributed by atoms with Gasteiger partial charge in [0, 0.05) is 13.6 Å². The minimum atomic E-state index is -4.37. The maximum absolute atomic E-state index is 12.4. The third kappa shape index (κ3) is 6.13. The van der Waals surface area contributed by atoms with Crippen LogP contribution in [0.2, 0.25) is 0 Å². The van der Waals surface area contributed by atoms with Gasteiger partial charge in [0.1, 0.15) is 13.2 Å². The highest BCUT2D eigenvalue weighted by Crippen LogP contribution is 2.29. The Morgan fingerprint density at radius 2 is 1.77 bits per heavy atom. The molecule has 1 N–H and O–H groups in total. The van der Waals surface area contributed by atoms with Crippen LogP contribution >= 0.6 is 0 Å². The Balaban J connectivity index is 2.42. The second kappa shape index (κ2) is 7.79. The Hall–Kier alpha value is -2.09. The number of hydrogen-bond acceptors (Lipinski definition) is 3. The average Bonchev–Trinajstić information content (AvgIpc) is 2.43. The molecule has 0 atom stereocenters. The summed E-state index contributed by atoms with van der Waals surface area (Å²) in [6.07, 6.45) is -3.98. The van der Waals surface area contributed by atoms with Gasteiger partial charge in [-0.2, -0.15) is 13.2 Å². The van der Waals surface area contributed by atoms with Gasteiger partial charge in [-0.3, -0.25) is 4.79 Å². The second-order valence-corrected chi connectivity index (χ2v) is 4.65. The van der Waals surface area contributed by atoms with E-state index in [9.17, 15) is 22.8 Å². The number of amides is 1. The molecule has 0 bridgehead atoms. The summed E-state index contributed by atoms with van der Waals surface area (Å²) < 4.78 is 41.9. The molecular weight excluding hydrogens is 303 g/mol. The zero-order chi connectivity index (χ0) is 16.8. The largest absolute Gasteiger partial charge is 0.480 e. The van der Waals surface area contributed by atoms with Crippen molar-refractivity contribution in [3.63, 3.8) is 0 Å². The molecule has 0 spiro atoms. The number of halogens is 3. The van der Waals surface area contributed by atoms with Crippen LogP contribution in [0.5, 0.6) is 0 Å². The highest BCUT2D eigenvalue weighted by molar-refractivity contribution is 5.77. The predicted molar refractivity (Wildman–Crippen MR) is 71.2 cm³/mol. The molecule has 0 heterocycles. The summed E-state index contributed by atoms with van der Waals surface area (Å²) in [4.78, 5) is 23.2. The highest BCUT2D eigenvalue weighted by atomic mass is 19.4. The van der Waals surface area contributed by atoms with Crippen molar-refractivity contribution < 1.29 is 32.6 Å². The number of aliphatic carboxylic acids is 1. The first-order valence-corrected chi connectivity index (χ1v) is 6.40. The van der Waals surface area contributed by atoms with E-state index in [2.05, 4.69) is 4.74 Å². The fourth-order valence-corrected chi connectivity index (χ4v) is 1.62. The minimum absolute atomic E-state index is 0.292. The molecular formula is C14H16F3NO4. The van der Waals surface area contributed by atoms with Crippen LogP contribution in [0.4, 0.5) is 13.2 Å². The van der Waals surface area contributed by atoms with Crippen LogP contribution in [-0.4, -0.2) is 48.7 Å². The van der Waals surface area contributed by atoms with E-state index in [0.29, 0.717) is 18.5 Å². The molecule has 0 aliphatic carbocycles. The number of rotatable bonds is 7. The van der Waals surface area contributed by atoms with E-state index in [1.165, 1.54) is 24.1 Å². The molecule has 0 fully saturated rings. The maximum atomic E-state index is 12.4. The van der Waals surface area contributed by atoms with Crippen LogP contribution < -0.4 is 0 Å². The van der Waals surface area contributed by atoms with Gasteiger partial charge in [0.2, 0.25) is 5.91 Å². The molecule has 0 saturated heterocycles. The van der Waals surface area contributed by atoms with Gasteiger partial charge in [-0.1, -0.05) is 12.1 Å². The summed E-state index contributed by atoms with van der Waals surface area (Å²) in [6, 6.07) is 4.71.